The molecule has 0 spiro atoms. The van der Waals surface area contributed by atoms with Crippen molar-refractivity contribution >= 4 is 6.03 Å². The van der Waals surface area contributed by atoms with Gasteiger partial charge in [0.25, 0.3) is 0 Å². The van der Waals surface area contributed by atoms with Crippen LogP contribution in [-0.4, -0.2) is 78.5 Å². The zero-order valence-electron chi connectivity index (χ0n) is 22.8. The molecule has 12 heteroatoms. The number of alkyl halides is 6. The number of piperazine rings is 1. The molecule has 0 aliphatic carbocycles. The van der Waals surface area contributed by atoms with Crippen LogP contribution in [0.4, 0.5) is 35.5 Å². The number of likely N-dealkylation sites (tertiary alicyclic amines) is 1. The van der Waals surface area contributed by atoms with Crippen molar-refractivity contribution in [2.24, 2.45) is 0 Å². The van der Waals surface area contributed by atoms with Crippen LogP contribution in [0.1, 0.15) is 53.2 Å². The molecule has 5 nitrogen and oxygen atoms in total. The number of nitrogens with zero attached hydrogens (tertiary/aromatic N) is 4. The van der Waals surface area contributed by atoms with E-state index < -0.39 is 47.4 Å². The summed E-state index contributed by atoms with van der Waals surface area (Å²) in [5, 5.41) is 0. The summed E-state index contributed by atoms with van der Waals surface area (Å²) in [6.07, 6.45) is -9.36. The van der Waals surface area contributed by atoms with Gasteiger partial charge in [-0.25, -0.2) is 9.18 Å². The van der Waals surface area contributed by atoms with Crippen molar-refractivity contribution < 1.29 is 35.5 Å². The van der Waals surface area contributed by atoms with Crippen LogP contribution in [0.25, 0.3) is 0 Å². The average molecular weight is 575 g/mol. The molecule has 2 heterocycles. The summed E-state index contributed by atoms with van der Waals surface area (Å²) in [4.78, 5) is 21.2. The number of benzene rings is 2. The van der Waals surface area contributed by atoms with Gasteiger partial charge in [-0.15, -0.1) is 0 Å². The first-order chi connectivity index (χ1) is 18.6. The van der Waals surface area contributed by atoms with Gasteiger partial charge in [-0.05, 0) is 74.3 Å². The lowest BCUT2D eigenvalue weighted by Crippen LogP contribution is -2.51. The van der Waals surface area contributed by atoms with Gasteiger partial charge in [0.2, 0.25) is 0 Å². The third kappa shape index (κ3) is 6.22. The number of carbonyl (C=O) groups excluding carboxylic acids is 1. The van der Waals surface area contributed by atoms with Crippen LogP contribution in [0, 0.1) is 12.7 Å². The molecule has 2 saturated heterocycles. The first-order valence-electron chi connectivity index (χ1n) is 13.1. The number of aryl methyl sites for hydroxylation is 1. The quantitative estimate of drug-likeness (QED) is 0.399. The highest BCUT2D eigenvalue weighted by Gasteiger charge is 2.44. The Morgan fingerprint density at radius 1 is 0.925 bits per heavy atom. The molecule has 2 aromatic rings. The number of hydrogen-bond donors (Lipinski definition) is 0. The Morgan fingerprint density at radius 2 is 1.50 bits per heavy atom. The molecule has 0 N–H and O–H groups in total. The van der Waals surface area contributed by atoms with E-state index in [4.69, 9.17) is 0 Å². The van der Waals surface area contributed by atoms with E-state index in [-0.39, 0.29) is 17.7 Å². The lowest BCUT2D eigenvalue weighted by molar-refractivity contribution is -0.143. The van der Waals surface area contributed by atoms with E-state index in [1.54, 1.807) is 17.9 Å². The van der Waals surface area contributed by atoms with Gasteiger partial charge in [0.1, 0.15) is 5.82 Å². The van der Waals surface area contributed by atoms with Gasteiger partial charge in [0.15, 0.2) is 0 Å². The summed E-state index contributed by atoms with van der Waals surface area (Å²) in [6.45, 7) is 6.73. The fourth-order valence-electron chi connectivity index (χ4n) is 5.68. The molecule has 1 unspecified atom stereocenters. The number of urea groups is 1. The smallest absolute Gasteiger partial charge is 0.321 e. The summed E-state index contributed by atoms with van der Waals surface area (Å²) in [5.41, 5.74) is -1.72. The maximum absolute atomic E-state index is 14.0. The lowest BCUT2D eigenvalue weighted by Gasteiger charge is -2.41. The number of rotatable bonds is 4. The molecule has 3 atom stereocenters. The third-order valence-electron chi connectivity index (χ3n) is 8.14. The monoisotopic (exact) mass is 574 g/mol. The van der Waals surface area contributed by atoms with Gasteiger partial charge in [-0.3, -0.25) is 4.90 Å². The van der Waals surface area contributed by atoms with E-state index in [1.165, 1.54) is 31.0 Å². The number of amides is 2. The Labute approximate surface area is 229 Å². The Balaban J connectivity index is 1.67. The van der Waals surface area contributed by atoms with Crippen molar-refractivity contribution in [1.82, 2.24) is 19.6 Å². The second-order valence-electron chi connectivity index (χ2n) is 10.7. The predicted octanol–water partition coefficient (Wildman–Crippen LogP) is 6.35. The maximum atomic E-state index is 14.0. The van der Waals surface area contributed by atoms with E-state index in [0.717, 1.165) is 31.7 Å². The largest absolute Gasteiger partial charge is 0.416 e. The van der Waals surface area contributed by atoms with Gasteiger partial charge in [0.05, 0.1) is 23.2 Å². The maximum Gasteiger partial charge on any atom is 0.416 e. The van der Waals surface area contributed by atoms with Gasteiger partial charge >= 0.3 is 18.4 Å². The molecule has 2 aromatic carbocycles. The SMILES string of the molecule is Cc1cc(F)ccc1C1[C@@H](N2CCN(C)CC2)CCN1C(=O)N(C)[C@@H](C)c1cc(C(F)(F)F)cc(C(F)(F)F)c1. The zero-order chi connectivity index (χ0) is 29.6. The van der Waals surface area contributed by atoms with E-state index in [2.05, 4.69) is 9.80 Å². The number of carbonyl (C=O) groups is 1. The second kappa shape index (κ2) is 11.2. The van der Waals surface area contributed by atoms with Crippen molar-refractivity contribution in [2.45, 2.75) is 50.7 Å². The van der Waals surface area contributed by atoms with Crippen LogP contribution in [0.5, 0.6) is 0 Å². The Morgan fingerprint density at radius 3 is 2.02 bits per heavy atom. The molecule has 2 fully saturated rings. The van der Waals surface area contributed by atoms with Crippen LogP contribution in [0.15, 0.2) is 36.4 Å². The summed E-state index contributed by atoms with van der Waals surface area (Å²) in [7, 11) is 3.40. The fraction of sp³-hybridized carbons (Fsp3) is 0.536. The molecular weight excluding hydrogens is 541 g/mol. The minimum atomic E-state index is -4.99. The normalized spacial score (nSPS) is 22.0. The first kappa shape index (κ1) is 30.1. The minimum Gasteiger partial charge on any atom is -0.321 e. The van der Waals surface area contributed by atoms with Gasteiger partial charge < -0.3 is 14.7 Å². The summed E-state index contributed by atoms with van der Waals surface area (Å²) < 4.78 is 94.8. The molecular formula is C28H33F7N4O. The molecule has 2 amide bonds. The van der Waals surface area contributed by atoms with Crippen molar-refractivity contribution in [3.05, 3.63) is 70.0 Å². The van der Waals surface area contributed by atoms with Crippen LogP contribution in [0.3, 0.4) is 0 Å². The van der Waals surface area contributed by atoms with Gasteiger partial charge in [-0.1, -0.05) is 6.07 Å². The third-order valence-corrected chi connectivity index (χ3v) is 8.14. The second-order valence-corrected chi connectivity index (χ2v) is 10.7. The van der Waals surface area contributed by atoms with Crippen molar-refractivity contribution in [3.8, 4) is 0 Å². The highest BCUT2D eigenvalue weighted by molar-refractivity contribution is 5.76. The lowest BCUT2D eigenvalue weighted by atomic mass is 9.94. The van der Waals surface area contributed by atoms with Crippen molar-refractivity contribution in [3.63, 3.8) is 0 Å². The van der Waals surface area contributed by atoms with E-state index >= 15 is 0 Å². The molecule has 0 aromatic heterocycles. The highest BCUT2D eigenvalue weighted by Crippen LogP contribution is 2.41. The molecule has 0 saturated carbocycles. The molecule has 40 heavy (non-hydrogen) atoms. The Kier molecular flexibility index (Phi) is 8.43. The average Bonchev–Trinajstić information content (AvgIpc) is 3.31. The highest BCUT2D eigenvalue weighted by atomic mass is 19.4. The molecule has 2 aliphatic heterocycles. The van der Waals surface area contributed by atoms with E-state index in [1.807, 2.05) is 7.05 Å². The minimum absolute atomic E-state index is 0.0732. The van der Waals surface area contributed by atoms with E-state index in [0.29, 0.717) is 30.7 Å². The van der Waals surface area contributed by atoms with Crippen LogP contribution < -0.4 is 0 Å². The van der Waals surface area contributed by atoms with E-state index in [9.17, 15) is 35.5 Å². The summed E-state index contributed by atoms with van der Waals surface area (Å²) in [6, 6.07) is 3.61. The first-order valence-corrected chi connectivity index (χ1v) is 13.1. The van der Waals surface area contributed by atoms with Crippen molar-refractivity contribution in [2.75, 3.05) is 46.8 Å². The van der Waals surface area contributed by atoms with Crippen molar-refractivity contribution in [1.29, 1.82) is 0 Å². The predicted molar refractivity (Wildman–Crippen MR) is 136 cm³/mol. The molecule has 0 radical (unpaired) electrons. The fourth-order valence-corrected chi connectivity index (χ4v) is 5.68. The number of halogens is 7. The van der Waals surface area contributed by atoms with Crippen LogP contribution >= 0.6 is 0 Å². The Bertz CT molecular complexity index is 1190. The summed E-state index contributed by atoms with van der Waals surface area (Å²) in [5.74, 6) is -0.413. The molecule has 0 bridgehead atoms. The summed E-state index contributed by atoms with van der Waals surface area (Å²) >= 11 is 0. The molecule has 4 rings (SSSR count). The number of likely N-dealkylation sites (N-methyl/N-ethyl adjacent to an activating group) is 1. The zero-order valence-corrected chi connectivity index (χ0v) is 22.8. The van der Waals surface area contributed by atoms with Crippen LogP contribution in [-0.2, 0) is 12.4 Å². The molecule has 2 aliphatic rings. The van der Waals surface area contributed by atoms with Gasteiger partial charge in [0, 0.05) is 45.8 Å². The van der Waals surface area contributed by atoms with Crippen LogP contribution in [0.2, 0.25) is 0 Å². The standard InChI is InChI=1S/C28H33F7N4O/c1-17-13-22(29)5-6-23(17)25-24(38-11-9-36(3)10-12-38)7-8-39(25)26(40)37(4)18(2)19-14-20(27(30,31)32)16-21(15-19)28(33,34)35/h5-6,13-16,18,24-25H,7-12H2,1-4H3/t18-,24-,25?/m0/s1. The number of hydrogen-bond acceptors (Lipinski definition) is 3. The van der Waals surface area contributed by atoms with Gasteiger partial charge in [-0.2, -0.15) is 26.3 Å². The topological polar surface area (TPSA) is 30.0 Å². The molecule has 220 valence electrons. The Hall–Kier alpha value is -2.86.